The van der Waals surface area contributed by atoms with E-state index in [9.17, 15) is 9.59 Å². The summed E-state index contributed by atoms with van der Waals surface area (Å²) in [6, 6.07) is 5.42. The second-order valence-corrected chi connectivity index (χ2v) is 4.83. The lowest BCUT2D eigenvalue weighted by atomic mass is 10.1. The van der Waals surface area contributed by atoms with Crippen molar-refractivity contribution in [2.75, 3.05) is 18.4 Å². The van der Waals surface area contributed by atoms with E-state index in [2.05, 4.69) is 11.9 Å². The molecule has 0 heterocycles. The maximum absolute atomic E-state index is 12.0. The number of aryl methyl sites for hydroxylation is 2. The minimum absolute atomic E-state index is 0.197. The molecule has 1 aromatic carbocycles. The summed E-state index contributed by atoms with van der Waals surface area (Å²) >= 11 is 0. The summed E-state index contributed by atoms with van der Waals surface area (Å²) in [5.41, 5.74) is 3.29. The van der Waals surface area contributed by atoms with Crippen LogP contribution in [0, 0.1) is 0 Å². The third-order valence-corrected chi connectivity index (χ3v) is 3.31. The number of aliphatic carboxylic acids is 1. The molecule has 5 nitrogen and oxygen atoms in total. The fourth-order valence-corrected chi connectivity index (χ4v) is 2.39. The van der Waals surface area contributed by atoms with E-state index in [4.69, 9.17) is 5.11 Å². The Morgan fingerprint density at radius 1 is 1.35 bits per heavy atom. The van der Waals surface area contributed by atoms with Crippen molar-refractivity contribution in [2.24, 2.45) is 0 Å². The first kappa shape index (κ1) is 14.1. The molecule has 0 saturated heterocycles. The molecule has 0 bridgehead atoms. The van der Waals surface area contributed by atoms with Gasteiger partial charge in [0.1, 0.15) is 6.54 Å². The van der Waals surface area contributed by atoms with Crippen LogP contribution in [0.4, 0.5) is 10.5 Å². The second kappa shape index (κ2) is 6.23. The Morgan fingerprint density at radius 2 is 2.10 bits per heavy atom. The highest BCUT2D eigenvalue weighted by Crippen LogP contribution is 2.24. The predicted molar refractivity (Wildman–Crippen MR) is 76.9 cm³/mol. The number of carbonyl (C=O) groups excluding carboxylic acids is 1. The second-order valence-electron chi connectivity index (χ2n) is 4.83. The molecule has 2 amide bonds. The fourth-order valence-electron chi connectivity index (χ4n) is 2.39. The van der Waals surface area contributed by atoms with Gasteiger partial charge in [-0.1, -0.05) is 12.1 Å². The molecule has 20 heavy (non-hydrogen) atoms. The van der Waals surface area contributed by atoms with E-state index in [1.54, 1.807) is 0 Å². The quantitative estimate of drug-likeness (QED) is 0.809. The molecule has 5 heteroatoms. The number of benzene rings is 1. The van der Waals surface area contributed by atoms with Gasteiger partial charge >= 0.3 is 12.0 Å². The summed E-state index contributed by atoms with van der Waals surface area (Å²) in [6.07, 6.45) is 4.77. The maximum atomic E-state index is 12.0. The molecular weight excluding hydrogens is 256 g/mol. The topological polar surface area (TPSA) is 69.6 Å². The smallest absolute Gasteiger partial charge is 0.323 e. The Morgan fingerprint density at radius 3 is 2.80 bits per heavy atom. The number of hydrogen-bond donors (Lipinski definition) is 2. The van der Waals surface area contributed by atoms with Crippen LogP contribution in [0.15, 0.2) is 30.9 Å². The lowest BCUT2D eigenvalue weighted by Crippen LogP contribution is -2.38. The van der Waals surface area contributed by atoms with Crippen molar-refractivity contribution in [1.82, 2.24) is 4.90 Å². The normalized spacial score (nSPS) is 12.6. The minimum Gasteiger partial charge on any atom is -0.480 e. The number of fused-ring (bicyclic) bond motifs is 1. The number of carbonyl (C=O) groups is 2. The highest BCUT2D eigenvalue weighted by atomic mass is 16.4. The molecule has 106 valence electrons. The first-order valence-corrected chi connectivity index (χ1v) is 6.60. The maximum Gasteiger partial charge on any atom is 0.323 e. The first-order chi connectivity index (χ1) is 9.60. The summed E-state index contributed by atoms with van der Waals surface area (Å²) in [5.74, 6) is -1.05. The van der Waals surface area contributed by atoms with Crippen LogP contribution in [-0.2, 0) is 17.6 Å². The van der Waals surface area contributed by atoms with Gasteiger partial charge < -0.3 is 15.3 Å². The lowest BCUT2D eigenvalue weighted by Gasteiger charge is -2.19. The molecule has 1 aliphatic carbocycles. The summed E-state index contributed by atoms with van der Waals surface area (Å²) < 4.78 is 0. The van der Waals surface area contributed by atoms with Crippen LogP contribution in [0.5, 0.6) is 0 Å². The zero-order valence-electron chi connectivity index (χ0n) is 11.3. The zero-order chi connectivity index (χ0) is 14.5. The van der Waals surface area contributed by atoms with Crippen LogP contribution in [0.2, 0.25) is 0 Å². The van der Waals surface area contributed by atoms with Crippen molar-refractivity contribution in [1.29, 1.82) is 0 Å². The Balaban J connectivity index is 2.05. The molecule has 0 radical (unpaired) electrons. The highest BCUT2D eigenvalue weighted by Gasteiger charge is 2.17. The Bertz CT molecular complexity index is 540. The standard InChI is InChI=1S/C15H18N2O3/c1-2-8-17(10-14(18)19)15(20)16-13-7-6-11-4-3-5-12(11)9-13/h2,6-7,9H,1,3-5,8,10H2,(H,16,20)(H,18,19). The molecule has 0 aliphatic heterocycles. The molecule has 1 aliphatic rings. The minimum atomic E-state index is -1.05. The van der Waals surface area contributed by atoms with Crippen molar-refractivity contribution < 1.29 is 14.7 Å². The number of nitrogens with zero attached hydrogens (tertiary/aromatic N) is 1. The van der Waals surface area contributed by atoms with E-state index in [-0.39, 0.29) is 13.1 Å². The van der Waals surface area contributed by atoms with Crippen molar-refractivity contribution in [3.63, 3.8) is 0 Å². The third kappa shape index (κ3) is 3.38. The van der Waals surface area contributed by atoms with Gasteiger partial charge in [-0.25, -0.2) is 4.79 Å². The number of nitrogens with one attached hydrogen (secondary N) is 1. The molecular formula is C15H18N2O3. The summed E-state index contributed by atoms with van der Waals surface area (Å²) in [6.45, 7) is 3.38. The lowest BCUT2D eigenvalue weighted by molar-refractivity contribution is -0.137. The Hall–Kier alpha value is -2.30. The van der Waals surface area contributed by atoms with E-state index in [1.165, 1.54) is 22.1 Å². The van der Waals surface area contributed by atoms with Gasteiger partial charge in [0.15, 0.2) is 0 Å². The van der Waals surface area contributed by atoms with Crippen LogP contribution in [-0.4, -0.2) is 35.1 Å². The number of anilines is 1. The van der Waals surface area contributed by atoms with E-state index >= 15 is 0 Å². The van der Waals surface area contributed by atoms with E-state index < -0.39 is 12.0 Å². The Labute approximate surface area is 117 Å². The summed E-state index contributed by atoms with van der Waals surface area (Å²) in [4.78, 5) is 24.0. The van der Waals surface area contributed by atoms with E-state index in [0.29, 0.717) is 5.69 Å². The zero-order valence-corrected chi connectivity index (χ0v) is 11.3. The van der Waals surface area contributed by atoms with Crippen molar-refractivity contribution in [2.45, 2.75) is 19.3 Å². The largest absolute Gasteiger partial charge is 0.480 e. The monoisotopic (exact) mass is 274 g/mol. The average molecular weight is 274 g/mol. The van der Waals surface area contributed by atoms with Crippen LogP contribution in [0.3, 0.4) is 0 Å². The van der Waals surface area contributed by atoms with Gasteiger partial charge in [-0.15, -0.1) is 6.58 Å². The van der Waals surface area contributed by atoms with Gasteiger partial charge in [0, 0.05) is 12.2 Å². The number of rotatable bonds is 5. The van der Waals surface area contributed by atoms with E-state index in [1.807, 2.05) is 18.2 Å². The van der Waals surface area contributed by atoms with Gasteiger partial charge in [0.2, 0.25) is 0 Å². The number of carboxylic acid groups (broad SMARTS) is 1. The molecule has 0 fully saturated rings. The first-order valence-electron chi connectivity index (χ1n) is 6.60. The number of carboxylic acids is 1. The van der Waals surface area contributed by atoms with E-state index in [0.717, 1.165) is 19.3 Å². The van der Waals surface area contributed by atoms with Gasteiger partial charge in [0.05, 0.1) is 0 Å². The van der Waals surface area contributed by atoms with Gasteiger partial charge in [0.25, 0.3) is 0 Å². The van der Waals surface area contributed by atoms with Crippen LogP contribution in [0.1, 0.15) is 17.5 Å². The van der Waals surface area contributed by atoms with Crippen LogP contribution < -0.4 is 5.32 Å². The predicted octanol–water partition coefficient (Wildman–Crippen LogP) is 2.28. The van der Waals surface area contributed by atoms with Crippen molar-refractivity contribution in [3.8, 4) is 0 Å². The summed E-state index contributed by atoms with van der Waals surface area (Å²) in [5, 5.41) is 11.5. The summed E-state index contributed by atoms with van der Waals surface area (Å²) in [7, 11) is 0. The van der Waals surface area contributed by atoms with Crippen molar-refractivity contribution in [3.05, 3.63) is 42.0 Å². The molecule has 1 aromatic rings. The van der Waals surface area contributed by atoms with Gasteiger partial charge in [-0.2, -0.15) is 0 Å². The molecule has 0 aromatic heterocycles. The van der Waals surface area contributed by atoms with Gasteiger partial charge in [-0.3, -0.25) is 4.79 Å². The molecule has 2 N–H and O–H groups in total. The van der Waals surface area contributed by atoms with Crippen molar-refractivity contribution >= 4 is 17.7 Å². The number of urea groups is 1. The van der Waals surface area contributed by atoms with Gasteiger partial charge in [-0.05, 0) is 42.5 Å². The third-order valence-electron chi connectivity index (χ3n) is 3.31. The number of amides is 2. The SMILES string of the molecule is C=CCN(CC(=O)O)C(=O)Nc1ccc2c(c1)CCC2. The van der Waals surface area contributed by atoms with Crippen LogP contribution in [0.25, 0.3) is 0 Å². The molecule has 0 unspecified atom stereocenters. The highest BCUT2D eigenvalue weighted by molar-refractivity contribution is 5.91. The fraction of sp³-hybridized carbons (Fsp3) is 0.333. The molecule has 0 atom stereocenters. The molecule has 0 saturated carbocycles. The van der Waals surface area contributed by atoms with Crippen LogP contribution >= 0.6 is 0 Å². The number of hydrogen-bond acceptors (Lipinski definition) is 2. The average Bonchev–Trinajstić information content (AvgIpc) is 2.85. The molecule has 0 spiro atoms. The molecule has 2 rings (SSSR count). The Kier molecular flexibility index (Phi) is 4.40.